The average Bonchev–Trinajstić information content (AvgIpc) is 3.01. The van der Waals surface area contributed by atoms with Gasteiger partial charge in [-0.1, -0.05) is 24.3 Å². The number of piperidine rings is 1. The highest BCUT2D eigenvalue weighted by Gasteiger charge is 2.37. The second-order valence-electron chi connectivity index (χ2n) is 8.11. The summed E-state index contributed by atoms with van der Waals surface area (Å²) in [5, 5.41) is 5.32. The van der Waals surface area contributed by atoms with E-state index in [-0.39, 0.29) is 17.1 Å². The number of nitrogens with one attached hydrogen (secondary N) is 2. The Labute approximate surface area is 162 Å². The van der Waals surface area contributed by atoms with Gasteiger partial charge < -0.3 is 10.3 Å². The predicted octanol–water partition coefficient (Wildman–Crippen LogP) is 4.06. The molecular weight excluding hydrogens is 353 g/mol. The molecule has 1 saturated heterocycles. The van der Waals surface area contributed by atoms with Gasteiger partial charge in [0.25, 0.3) is 0 Å². The van der Waals surface area contributed by atoms with Gasteiger partial charge in [0, 0.05) is 34.4 Å². The molecule has 0 aliphatic carbocycles. The molecule has 0 bridgehead atoms. The summed E-state index contributed by atoms with van der Waals surface area (Å²) in [5.74, 6) is 0.169. The van der Waals surface area contributed by atoms with Crippen LogP contribution >= 0.6 is 9.24 Å². The van der Waals surface area contributed by atoms with Crippen LogP contribution in [0.4, 0.5) is 0 Å². The second kappa shape index (κ2) is 7.26. The van der Waals surface area contributed by atoms with Gasteiger partial charge >= 0.3 is 0 Å². The SMILES string of the molecule is CC(C)NC(=O)C1(P)CCN(Cc2ccc3[nH]c4ccccc4c3c2)CC1. The molecule has 0 radical (unpaired) electrons. The van der Waals surface area contributed by atoms with E-state index in [4.69, 9.17) is 0 Å². The quantitative estimate of drug-likeness (QED) is 0.670. The summed E-state index contributed by atoms with van der Waals surface area (Å²) in [6.07, 6.45) is 1.76. The van der Waals surface area contributed by atoms with E-state index in [0.717, 1.165) is 32.5 Å². The van der Waals surface area contributed by atoms with Crippen molar-refractivity contribution < 1.29 is 4.79 Å². The number of hydrogen-bond donors (Lipinski definition) is 2. The van der Waals surface area contributed by atoms with Crippen LogP contribution in [0.1, 0.15) is 32.3 Å². The number of hydrogen-bond acceptors (Lipinski definition) is 2. The second-order valence-corrected chi connectivity index (χ2v) is 9.22. The molecule has 4 nitrogen and oxygen atoms in total. The highest BCUT2D eigenvalue weighted by atomic mass is 31.0. The van der Waals surface area contributed by atoms with Crippen LogP contribution in [-0.2, 0) is 11.3 Å². The van der Waals surface area contributed by atoms with Gasteiger partial charge in [0.05, 0.1) is 5.16 Å². The fourth-order valence-corrected chi connectivity index (χ4v) is 4.34. The van der Waals surface area contributed by atoms with E-state index >= 15 is 0 Å². The number of nitrogens with zero attached hydrogens (tertiary/aromatic N) is 1. The van der Waals surface area contributed by atoms with Crippen molar-refractivity contribution in [2.45, 2.75) is 44.4 Å². The fourth-order valence-electron chi connectivity index (χ4n) is 4.00. The maximum Gasteiger partial charge on any atom is 0.230 e. The molecule has 1 amide bonds. The number of rotatable bonds is 4. The first-order chi connectivity index (χ1) is 12.9. The summed E-state index contributed by atoms with van der Waals surface area (Å²) in [5.41, 5.74) is 3.70. The number of likely N-dealkylation sites (tertiary alicyclic amines) is 1. The number of benzene rings is 2. The van der Waals surface area contributed by atoms with E-state index in [1.54, 1.807) is 0 Å². The minimum absolute atomic E-state index is 0.169. The van der Waals surface area contributed by atoms with Crippen LogP contribution in [0, 0.1) is 0 Å². The Morgan fingerprint density at radius 2 is 1.85 bits per heavy atom. The van der Waals surface area contributed by atoms with Crippen molar-refractivity contribution in [2.24, 2.45) is 0 Å². The topological polar surface area (TPSA) is 48.1 Å². The molecule has 1 atom stereocenters. The molecule has 27 heavy (non-hydrogen) atoms. The zero-order valence-electron chi connectivity index (χ0n) is 16.1. The van der Waals surface area contributed by atoms with Crippen molar-refractivity contribution in [1.29, 1.82) is 0 Å². The lowest BCUT2D eigenvalue weighted by Gasteiger charge is -2.38. The highest BCUT2D eigenvalue weighted by Crippen LogP contribution is 2.33. The van der Waals surface area contributed by atoms with Crippen LogP contribution in [0.2, 0.25) is 0 Å². The van der Waals surface area contributed by atoms with Crippen molar-refractivity contribution >= 4 is 37.0 Å². The van der Waals surface area contributed by atoms with Crippen LogP contribution in [0.3, 0.4) is 0 Å². The zero-order valence-corrected chi connectivity index (χ0v) is 17.2. The highest BCUT2D eigenvalue weighted by molar-refractivity contribution is 7.21. The number of aromatic nitrogens is 1. The zero-order chi connectivity index (χ0) is 19.0. The summed E-state index contributed by atoms with van der Waals surface area (Å²) in [6, 6.07) is 15.4. The number of amides is 1. The lowest BCUT2D eigenvalue weighted by Crippen LogP contribution is -2.51. The summed E-state index contributed by atoms with van der Waals surface area (Å²) in [6.45, 7) is 6.85. The van der Waals surface area contributed by atoms with E-state index in [2.05, 4.69) is 66.9 Å². The molecule has 2 N–H and O–H groups in total. The number of carbonyl (C=O) groups is 1. The summed E-state index contributed by atoms with van der Waals surface area (Å²) in [7, 11) is 2.82. The molecule has 1 aliphatic rings. The molecule has 5 heteroatoms. The maximum absolute atomic E-state index is 12.5. The van der Waals surface area contributed by atoms with Crippen LogP contribution in [0.5, 0.6) is 0 Å². The Kier molecular flexibility index (Phi) is 4.96. The Bertz CT molecular complexity index is 970. The smallest absolute Gasteiger partial charge is 0.230 e. The first kappa shape index (κ1) is 18.5. The standard InChI is InChI=1S/C22H28N3OP/c1-15(2)23-21(26)22(27)9-11-25(12-10-22)14-16-7-8-20-18(13-16)17-5-3-4-6-19(17)24-20/h3-8,13,15,24H,9-12,14,27H2,1-2H3,(H,23,26). The fraction of sp³-hybridized carbons (Fsp3) is 0.409. The van der Waals surface area contributed by atoms with Crippen molar-refractivity contribution in [1.82, 2.24) is 15.2 Å². The van der Waals surface area contributed by atoms with Crippen molar-refractivity contribution in [3.8, 4) is 0 Å². The van der Waals surface area contributed by atoms with Gasteiger partial charge in [0.2, 0.25) is 5.91 Å². The number of H-pyrrole nitrogens is 1. The van der Waals surface area contributed by atoms with E-state index in [1.807, 2.05) is 13.8 Å². The lowest BCUT2D eigenvalue weighted by atomic mass is 9.93. The van der Waals surface area contributed by atoms with Crippen LogP contribution in [0.25, 0.3) is 21.8 Å². The molecule has 1 unspecified atom stereocenters. The van der Waals surface area contributed by atoms with Gasteiger partial charge in [0.15, 0.2) is 0 Å². The van der Waals surface area contributed by atoms with Crippen molar-refractivity contribution in [3.63, 3.8) is 0 Å². The first-order valence-corrected chi connectivity index (χ1v) is 10.3. The van der Waals surface area contributed by atoms with Crippen LogP contribution < -0.4 is 5.32 Å². The molecule has 1 aliphatic heterocycles. The normalized spacial score (nSPS) is 17.6. The molecule has 142 valence electrons. The number of fused-ring (bicyclic) bond motifs is 3. The molecule has 2 heterocycles. The van der Waals surface area contributed by atoms with Crippen LogP contribution in [0.15, 0.2) is 42.5 Å². The summed E-state index contributed by atoms with van der Waals surface area (Å²) in [4.78, 5) is 18.4. The number of carbonyl (C=O) groups excluding carboxylic acids is 1. The molecule has 1 aromatic heterocycles. The summed E-state index contributed by atoms with van der Waals surface area (Å²) >= 11 is 0. The Hall–Kier alpha value is -1.90. The average molecular weight is 381 g/mol. The van der Waals surface area contributed by atoms with E-state index in [1.165, 1.54) is 27.4 Å². The van der Waals surface area contributed by atoms with E-state index < -0.39 is 0 Å². The summed E-state index contributed by atoms with van der Waals surface area (Å²) < 4.78 is 0. The maximum atomic E-state index is 12.5. The van der Waals surface area contributed by atoms with Gasteiger partial charge in [-0.05, 0) is 63.5 Å². The molecule has 1 fully saturated rings. The minimum Gasteiger partial charge on any atom is -0.355 e. The van der Waals surface area contributed by atoms with Crippen molar-refractivity contribution in [3.05, 3.63) is 48.0 Å². The van der Waals surface area contributed by atoms with Gasteiger partial charge in [0.1, 0.15) is 0 Å². The van der Waals surface area contributed by atoms with E-state index in [9.17, 15) is 4.79 Å². The van der Waals surface area contributed by atoms with Gasteiger partial charge in [-0.2, -0.15) is 0 Å². The Morgan fingerprint density at radius 3 is 2.59 bits per heavy atom. The third-order valence-electron chi connectivity index (χ3n) is 5.60. The van der Waals surface area contributed by atoms with Gasteiger partial charge in [-0.3, -0.25) is 9.69 Å². The molecule has 0 saturated carbocycles. The Balaban J connectivity index is 1.46. The largest absolute Gasteiger partial charge is 0.355 e. The number of para-hydroxylation sites is 1. The van der Waals surface area contributed by atoms with Gasteiger partial charge in [-0.15, -0.1) is 9.24 Å². The third-order valence-corrected chi connectivity index (χ3v) is 6.44. The molecule has 3 aromatic rings. The molecule has 0 spiro atoms. The lowest BCUT2D eigenvalue weighted by molar-refractivity contribution is -0.125. The minimum atomic E-state index is -0.318. The molecule has 4 rings (SSSR count). The van der Waals surface area contributed by atoms with E-state index in [0.29, 0.717) is 0 Å². The number of aromatic amines is 1. The first-order valence-electron chi connectivity index (χ1n) is 9.76. The van der Waals surface area contributed by atoms with Crippen LogP contribution in [-0.4, -0.2) is 40.1 Å². The Morgan fingerprint density at radius 1 is 1.15 bits per heavy atom. The molecule has 2 aromatic carbocycles. The molecular formula is C22H28N3OP. The predicted molar refractivity (Wildman–Crippen MR) is 116 cm³/mol. The van der Waals surface area contributed by atoms with Crippen molar-refractivity contribution in [2.75, 3.05) is 13.1 Å². The monoisotopic (exact) mass is 381 g/mol. The van der Waals surface area contributed by atoms with Gasteiger partial charge in [-0.25, -0.2) is 0 Å². The third kappa shape index (κ3) is 3.74.